The van der Waals surface area contributed by atoms with E-state index >= 15 is 0 Å². The van der Waals surface area contributed by atoms with Crippen molar-refractivity contribution in [3.63, 3.8) is 0 Å². The molecule has 0 unspecified atom stereocenters. The van der Waals surface area contributed by atoms with E-state index < -0.39 is 10.0 Å². The van der Waals surface area contributed by atoms with E-state index in [0.29, 0.717) is 34.4 Å². The van der Waals surface area contributed by atoms with E-state index in [1.807, 2.05) is 0 Å². The van der Waals surface area contributed by atoms with E-state index in [0.717, 1.165) is 0 Å². The Morgan fingerprint density at radius 3 is 2.50 bits per heavy atom. The molecule has 0 atom stereocenters. The van der Waals surface area contributed by atoms with Crippen molar-refractivity contribution in [2.45, 2.75) is 35.9 Å². The van der Waals surface area contributed by atoms with Crippen molar-refractivity contribution >= 4 is 43.1 Å². The fourth-order valence-electron chi connectivity index (χ4n) is 2.08. The molecule has 4 nitrogen and oxygen atoms in total. The lowest BCUT2D eigenvalue weighted by atomic mass is 9.95. The lowest BCUT2D eigenvalue weighted by molar-refractivity contribution is -0.120. The summed E-state index contributed by atoms with van der Waals surface area (Å²) >= 11 is 4.46. The van der Waals surface area contributed by atoms with Gasteiger partial charge in [-0.2, -0.15) is 4.31 Å². The Morgan fingerprint density at radius 1 is 1.39 bits per heavy atom. The highest BCUT2D eigenvalue weighted by Crippen LogP contribution is 2.32. The molecule has 7 heteroatoms. The zero-order chi connectivity index (χ0) is 13.3. The van der Waals surface area contributed by atoms with Gasteiger partial charge in [0.1, 0.15) is 9.99 Å². The van der Waals surface area contributed by atoms with Crippen LogP contribution in [0.4, 0.5) is 0 Å². The van der Waals surface area contributed by atoms with Gasteiger partial charge in [-0.3, -0.25) is 4.79 Å². The van der Waals surface area contributed by atoms with Crippen LogP contribution >= 0.6 is 27.3 Å². The summed E-state index contributed by atoms with van der Waals surface area (Å²) in [4.78, 5) is 11.2. The number of thiophene rings is 1. The largest absolute Gasteiger partial charge is 0.300 e. The fourth-order valence-corrected chi connectivity index (χ4v) is 5.97. The Morgan fingerprint density at radius 2 is 2.00 bits per heavy atom. The summed E-state index contributed by atoms with van der Waals surface area (Å²) in [5, 5.41) is 1.75. The van der Waals surface area contributed by atoms with Gasteiger partial charge in [-0.15, -0.1) is 11.3 Å². The van der Waals surface area contributed by atoms with Crippen LogP contribution in [0.3, 0.4) is 0 Å². The molecule has 0 spiro atoms. The van der Waals surface area contributed by atoms with Gasteiger partial charge in [-0.05, 0) is 40.2 Å². The van der Waals surface area contributed by atoms with Crippen molar-refractivity contribution in [1.82, 2.24) is 4.31 Å². The zero-order valence-electron chi connectivity index (χ0n) is 9.93. The van der Waals surface area contributed by atoms with E-state index in [1.54, 1.807) is 18.5 Å². The molecule has 1 aromatic heterocycles. The summed E-state index contributed by atoms with van der Waals surface area (Å²) in [5.41, 5.74) is 0. The number of ketones is 1. The third kappa shape index (κ3) is 2.68. The zero-order valence-corrected chi connectivity index (χ0v) is 13.1. The Kier molecular flexibility index (Phi) is 4.25. The summed E-state index contributed by atoms with van der Waals surface area (Å²) in [7, 11) is -1.85. The van der Waals surface area contributed by atoms with Gasteiger partial charge in [0.05, 0.1) is 0 Å². The molecule has 2 rings (SSSR count). The number of sulfonamides is 1. The molecule has 1 aromatic rings. The Hall–Kier alpha value is -0.240. The molecule has 0 amide bonds. The SMILES string of the molecule is CN(C1CCC(=O)CC1)S(=O)(=O)c1sccc1Br. The molecule has 1 saturated carbocycles. The molecule has 100 valence electrons. The first kappa shape index (κ1) is 14.2. The third-order valence-electron chi connectivity index (χ3n) is 3.22. The quantitative estimate of drug-likeness (QED) is 0.840. The first-order chi connectivity index (χ1) is 8.43. The van der Waals surface area contributed by atoms with E-state index in [2.05, 4.69) is 15.9 Å². The molecule has 18 heavy (non-hydrogen) atoms. The highest BCUT2D eigenvalue weighted by molar-refractivity contribution is 9.10. The molecule has 0 aliphatic heterocycles. The van der Waals surface area contributed by atoms with Gasteiger partial charge in [0.25, 0.3) is 10.0 Å². The maximum atomic E-state index is 12.4. The molecular weight excluding hydrogens is 338 g/mol. The van der Waals surface area contributed by atoms with Crippen molar-refractivity contribution < 1.29 is 13.2 Å². The standard InChI is InChI=1S/C11H14BrNO3S2/c1-13(8-2-4-9(14)5-3-8)18(15,16)11-10(12)6-7-17-11/h6-8H,2-5H2,1H3. The van der Waals surface area contributed by atoms with Crippen LogP contribution in [-0.2, 0) is 14.8 Å². The smallest absolute Gasteiger partial charge is 0.253 e. The highest BCUT2D eigenvalue weighted by Gasteiger charge is 2.32. The normalized spacial score (nSPS) is 18.5. The Balaban J connectivity index is 2.20. The van der Waals surface area contributed by atoms with Crippen molar-refractivity contribution in [3.8, 4) is 0 Å². The van der Waals surface area contributed by atoms with Crippen LogP contribution in [0, 0.1) is 0 Å². The molecule has 1 heterocycles. The van der Waals surface area contributed by atoms with Crippen molar-refractivity contribution in [2.24, 2.45) is 0 Å². The second-order valence-corrected chi connectivity index (χ2v) is 8.31. The lowest BCUT2D eigenvalue weighted by Gasteiger charge is -2.29. The first-order valence-corrected chi connectivity index (χ1v) is 8.77. The molecule has 1 aliphatic carbocycles. The molecule has 0 aromatic carbocycles. The van der Waals surface area contributed by atoms with Gasteiger partial charge in [-0.1, -0.05) is 0 Å². The molecular formula is C11H14BrNO3S2. The van der Waals surface area contributed by atoms with Crippen molar-refractivity contribution in [1.29, 1.82) is 0 Å². The minimum atomic E-state index is -3.45. The van der Waals surface area contributed by atoms with Gasteiger partial charge in [0.2, 0.25) is 0 Å². The number of hydrogen-bond donors (Lipinski definition) is 0. The number of carbonyl (C=O) groups excluding carboxylic acids is 1. The van der Waals surface area contributed by atoms with Crippen LogP contribution in [0.5, 0.6) is 0 Å². The summed E-state index contributed by atoms with van der Waals surface area (Å²) in [6, 6.07) is 1.66. The van der Waals surface area contributed by atoms with Gasteiger partial charge in [0.15, 0.2) is 0 Å². The highest BCUT2D eigenvalue weighted by atomic mass is 79.9. The van der Waals surface area contributed by atoms with E-state index in [-0.39, 0.29) is 11.8 Å². The second kappa shape index (κ2) is 5.40. The van der Waals surface area contributed by atoms with Gasteiger partial charge in [-0.25, -0.2) is 8.42 Å². The monoisotopic (exact) mass is 351 g/mol. The maximum Gasteiger partial charge on any atom is 0.253 e. The lowest BCUT2D eigenvalue weighted by Crippen LogP contribution is -2.39. The van der Waals surface area contributed by atoms with Crippen molar-refractivity contribution in [3.05, 3.63) is 15.9 Å². The van der Waals surface area contributed by atoms with E-state index in [9.17, 15) is 13.2 Å². The first-order valence-electron chi connectivity index (χ1n) is 5.65. The average molecular weight is 352 g/mol. The van der Waals surface area contributed by atoms with Gasteiger partial charge >= 0.3 is 0 Å². The summed E-state index contributed by atoms with van der Waals surface area (Å²) in [5.74, 6) is 0.231. The van der Waals surface area contributed by atoms with E-state index in [1.165, 1.54) is 15.6 Å². The Bertz CT molecular complexity index is 542. The van der Waals surface area contributed by atoms with Crippen LogP contribution in [0.1, 0.15) is 25.7 Å². The predicted molar refractivity (Wildman–Crippen MR) is 74.2 cm³/mol. The minimum absolute atomic E-state index is 0.0679. The van der Waals surface area contributed by atoms with Crippen LogP contribution in [-0.4, -0.2) is 31.6 Å². The van der Waals surface area contributed by atoms with Crippen LogP contribution in [0.15, 0.2) is 20.1 Å². The number of nitrogens with zero attached hydrogens (tertiary/aromatic N) is 1. The topological polar surface area (TPSA) is 54.5 Å². The number of carbonyl (C=O) groups is 1. The number of Topliss-reactive ketones (excluding diaryl/α,β-unsaturated/α-hetero) is 1. The molecule has 0 saturated heterocycles. The molecule has 1 aliphatic rings. The fraction of sp³-hybridized carbons (Fsp3) is 0.545. The molecule has 1 fully saturated rings. The Labute approximate surface area is 119 Å². The van der Waals surface area contributed by atoms with Gasteiger partial charge in [0, 0.05) is 30.4 Å². The van der Waals surface area contributed by atoms with Crippen LogP contribution < -0.4 is 0 Å². The van der Waals surface area contributed by atoms with Gasteiger partial charge < -0.3 is 0 Å². The molecule has 0 radical (unpaired) electrons. The third-order valence-corrected chi connectivity index (χ3v) is 7.78. The van der Waals surface area contributed by atoms with E-state index in [4.69, 9.17) is 0 Å². The number of halogens is 1. The summed E-state index contributed by atoms with van der Waals surface area (Å²) in [6.07, 6.45) is 2.21. The van der Waals surface area contributed by atoms with Crippen LogP contribution in [0.25, 0.3) is 0 Å². The molecule has 0 bridgehead atoms. The minimum Gasteiger partial charge on any atom is -0.300 e. The number of rotatable bonds is 3. The molecule has 0 N–H and O–H groups in total. The summed E-state index contributed by atoms with van der Waals surface area (Å²) in [6.45, 7) is 0. The second-order valence-electron chi connectivity index (χ2n) is 4.35. The average Bonchev–Trinajstić information content (AvgIpc) is 2.76. The van der Waals surface area contributed by atoms with Crippen LogP contribution in [0.2, 0.25) is 0 Å². The van der Waals surface area contributed by atoms with Crippen molar-refractivity contribution in [2.75, 3.05) is 7.05 Å². The maximum absolute atomic E-state index is 12.4. The summed E-state index contributed by atoms with van der Waals surface area (Å²) < 4.78 is 27.2. The predicted octanol–water partition coefficient (Wildman–Crippen LogP) is 2.64. The number of hydrogen-bond acceptors (Lipinski definition) is 4.